The van der Waals surface area contributed by atoms with Gasteiger partial charge in [-0.3, -0.25) is 0 Å². The van der Waals surface area contributed by atoms with Gasteiger partial charge >= 0.3 is 0 Å². The third-order valence-electron chi connectivity index (χ3n) is 2.48. The Morgan fingerprint density at radius 3 is 1.74 bits per heavy atom. The van der Waals surface area contributed by atoms with Crippen molar-refractivity contribution in [3.63, 3.8) is 0 Å². The minimum Gasteiger partial charge on any atom is -0.167 e. The first-order valence-electron chi connectivity index (χ1n) is 5.33. The summed E-state index contributed by atoms with van der Waals surface area (Å²) in [4.78, 5) is 0. The number of benzene rings is 2. The number of halogens is 2. The second-order valence-corrected chi connectivity index (χ2v) is 5.28. The molecule has 0 aromatic heterocycles. The number of alkyl halides is 1. The number of hydrogen-bond acceptors (Lipinski definition) is 4. The van der Waals surface area contributed by atoms with E-state index in [0.29, 0.717) is 0 Å². The molecule has 0 saturated carbocycles. The van der Waals surface area contributed by atoms with Crippen molar-refractivity contribution < 1.29 is 28.5 Å². The molecular formula is C13H10BrClO4. The molecule has 0 aliphatic rings. The van der Waals surface area contributed by atoms with Crippen molar-refractivity contribution >= 4 is 15.9 Å². The highest BCUT2D eigenvalue weighted by atomic mass is 79.9. The van der Waals surface area contributed by atoms with Crippen molar-refractivity contribution in [1.29, 1.82) is 0 Å². The molecule has 0 unspecified atom stereocenters. The van der Waals surface area contributed by atoms with Gasteiger partial charge in [0.15, 0.2) is 0 Å². The lowest BCUT2D eigenvalue weighted by molar-refractivity contribution is -1.91. The molecule has 6 heteroatoms. The normalized spacial score (nSPS) is 11.4. The molecule has 0 amide bonds. The monoisotopic (exact) mass is 344 g/mol. The Labute approximate surface area is 121 Å². The fourth-order valence-corrected chi connectivity index (χ4v) is 2.29. The zero-order valence-electron chi connectivity index (χ0n) is 9.71. The van der Waals surface area contributed by atoms with Crippen LogP contribution in [-0.4, -0.2) is 0 Å². The van der Waals surface area contributed by atoms with Gasteiger partial charge in [-0.15, -0.1) is 0 Å². The average Bonchev–Trinajstić information content (AvgIpc) is 2.38. The molecule has 100 valence electrons. The van der Waals surface area contributed by atoms with Crippen LogP contribution in [0.1, 0.15) is 5.56 Å². The van der Waals surface area contributed by atoms with E-state index in [1.807, 2.05) is 24.3 Å². The highest BCUT2D eigenvalue weighted by Crippen LogP contribution is 2.23. The summed E-state index contributed by atoms with van der Waals surface area (Å²) in [6, 6.07) is 14.2. The minimum absolute atomic E-state index is 0.00232. The van der Waals surface area contributed by atoms with Crippen LogP contribution in [0.5, 0.6) is 5.75 Å². The molecule has 0 N–H and O–H groups in total. The highest BCUT2D eigenvalue weighted by Gasteiger charge is 2.18. The van der Waals surface area contributed by atoms with Gasteiger partial charge in [-0.2, -0.15) is 14.0 Å². The van der Waals surface area contributed by atoms with Crippen LogP contribution in [0, 0.1) is 10.2 Å². The van der Waals surface area contributed by atoms with E-state index >= 15 is 0 Å². The SMILES string of the molecule is [O-][Cl+3]([O-])([O-])Oc1ccc(-c2ccc(CBr)cc2)cc1. The Bertz CT molecular complexity index is 534. The largest absolute Gasteiger partial charge is 0.288 e. The van der Waals surface area contributed by atoms with Gasteiger partial charge in [0.2, 0.25) is 0 Å². The van der Waals surface area contributed by atoms with Gasteiger partial charge in [-0.1, -0.05) is 56.6 Å². The molecule has 0 aliphatic carbocycles. The summed E-state index contributed by atoms with van der Waals surface area (Å²) in [6.07, 6.45) is 0. The molecule has 19 heavy (non-hydrogen) atoms. The van der Waals surface area contributed by atoms with Crippen LogP contribution in [0.25, 0.3) is 11.1 Å². The molecule has 2 aromatic rings. The van der Waals surface area contributed by atoms with Gasteiger partial charge in [-0.05, 0) is 28.8 Å². The number of hydrogen-bond donors (Lipinski definition) is 0. The molecule has 0 radical (unpaired) electrons. The second kappa shape index (κ2) is 5.90. The standard InChI is InChI=1S/C13H10BrClO4/c14-9-10-1-3-11(4-2-10)12-5-7-13(8-6-12)19-15(16,17)18/h1-8H,9H2. The highest BCUT2D eigenvalue weighted by molar-refractivity contribution is 9.08. The summed E-state index contributed by atoms with van der Waals surface area (Å²) in [5.74, 6) is -0.00232. The lowest BCUT2D eigenvalue weighted by atomic mass is 10.0. The van der Waals surface area contributed by atoms with Gasteiger partial charge in [-0.25, -0.2) is 0 Å². The Morgan fingerprint density at radius 2 is 1.32 bits per heavy atom. The van der Waals surface area contributed by atoms with Crippen molar-refractivity contribution in [2.24, 2.45) is 0 Å². The zero-order chi connectivity index (χ0) is 13.9. The fourth-order valence-electron chi connectivity index (χ4n) is 1.59. The van der Waals surface area contributed by atoms with Gasteiger partial charge in [0, 0.05) is 5.33 Å². The minimum atomic E-state index is -4.45. The Balaban J connectivity index is 2.17. The molecule has 2 rings (SSSR count). The first kappa shape index (κ1) is 14.3. The maximum atomic E-state index is 10.4. The second-order valence-electron chi connectivity index (χ2n) is 3.81. The summed E-state index contributed by atoms with van der Waals surface area (Å²) >= 11 is 3.37. The molecule has 0 heterocycles. The summed E-state index contributed by atoms with van der Waals surface area (Å²) in [5.41, 5.74) is 3.08. The molecule has 0 aliphatic heterocycles. The third-order valence-corrected chi connectivity index (χ3v) is 3.49. The van der Waals surface area contributed by atoms with E-state index in [0.717, 1.165) is 16.5 Å². The smallest absolute Gasteiger partial charge is 0.167 e. The van der Waals surface area contributed by atoms with Crippen LogP contribution in [0.4, 0.5) is 0 Å². The Hall–Kier alpha value is -1.11. The first-order valence-corrected chi connectivity index (χ1v) is 7.69. The van der Waals surface area contributed by atoms with Crippen molar-refractivity contribution in [3.05, 3.63) is 54.1 Å². The average molecular weight is 346 g/mol. The predicted octanol–water partition coefficient (Wildman–Crippen LogP) is 0.525. The van der Waals surface area contributed by atoms with E-state index in [2.05, 4.69) is 20.2 Å². The van der Waals surface area contributed by atoms with Crippen molar-refractivity contribution in [3.8, 4) is 16.9 Å². The molecule has 0 fully saturated rings. The molecule has 2 aromatic carbocycles. The van der Waals surface area contributed by atoms with Crippen LogP contribution in [0.2, 0.25) is 0 Å². The van der Waals surface area contributed by atoms with E-state index in [1.165, 1.54) is 17.7 Å². The molecule has 0 atom stereocenters. The van der Waals surface area contributed by atoms with Crippen LogP contribution in [0.3, 0.4) is 0 Å². The lowest BCUT2D eigenvalue weighted by Gasteiger charge is -2.12. The van der Waals surface area contributed by atoms with Gasteiger partial charge in [0.25, 0.3) is 5.75 Å². The zero-order valence-corrected chi connectivity index (χ0v) is 12.1. The molecular weight excluding hydrogens is 335 g/mol. The molecule has 0 bridgehead atoms. The summed E-state index contributed by atoms with van der Waals surface area (Å²) < 4.78 is 35.5. The summed E-state index contributed by atoms with van der Waals surface area (Å²) in [6.45, 7) is 0. The Morgan fingerprint density at radius 1 is 0.842 bits per heavy atom. The van der Waals surface area contributed by atoms with E-state index in [1.54, 1.807) is 12.1 Å². The van der Waals surface area contributed by atoms with Crippen molar-refractivity contribution in [2.75, 3.05) is 0 Å². The van der Waals surface area contributed by atoms with E-state index in [-0.39, 0.29) is 5.75 Å². The summed E-state index contributed by atoms with van der Waals surface area (Å²) in [7, 11) is -4.45. The van der Waals surface area contributed by atoms with Crippen LogP contribution >= 0.6 is 15.9 Å². The van der Waals surface area contributed by atoms with Crippen LogP contribution in [-0.2, 0) is 5.33 Å². The van der Waals surface area contributed by atoms with Gasteiger partial charge in [0.05, 0.1) is 0 Å². The van der Waals surface area contributed by atoms with E-state index < -0.39 is 10.2 Å². The lowest BCUT2D eigenvalue weighted by Crippen LogP contribution is -2.63. The topological polar surface area (TPSA) is 78.4 Å². The van der Waals surface area contributed by atoms with Crippen molar-refractivity contribution in [2.45, 2.75) is 5.33 Å². The van der Waals surface area contributed by atoms with Crippen LogP contribution < -0.4 is 18.3 Å². The van der Waals surface area contributed by atoms with E-state index in [4.69, 9.17) is 0 Å². The van der Waals surface area contributed by atoms with Gasteiger partial charge in [0.1, 0.15) is 10.2 Å². The quantitative estimate of drug-likeness (QED) is 0.757. The molecule has 0 spiro atoms. The maximum absolute atomic E-state index is 10.4. The van der Waals surface area contributed by atoms with Crippen LogP contribution in [0.15, 0.2) is 48.5 Å². The summed E-state index contributed by atoms with van der Waals surface area (Å²) in [5, 5.41) is 0.792. The number of rotatable bonds is 4. The first-order chi connectivity index (χ1) is 8.98. The van der Waals surface area contributed by atoms with Gasteiger partial charge < -0.3 is 0 Å². The third kappa shape index (κ3) is 4.19. The predicted molar refractivity (Wildman–Crippen MR) is 65.1 cm³/mol. The molecule has 4 nitrogen and oxygen atoms in total. The fraction of sp³-hybridized carbons (Fsp3) is 0.0769. The van der Waals surface area contributed by atoms with Crippen molar-refractivity contribution in [1.82, 2.24) is 0 Å². The molecule has 0 saturated heterocycles. The Kier molecular flexibility index (Phi) is 4.44. The van der Waals surface area contributed by atoms with E-state index in [9.17, 15) is 14.0 Å². The maximum Gasteiger partial charge on any atom is 0.288 e.